The van der Waals surface area contributed by atoms with Crippen LogP contribution in [0.2, 0.25) is 0 Å². The molecule has 3 nitrogen and oxygen atoms in total. The summed E-state index contributed by atoms with van der Waals surface area (Å²) < 4.78 is 0. The first-order valence-electron chi connectivity index (χ1n) is 5.35. The van der Waals surface area contributed by atoms with Gasteiger partial charge in [0.1, 0.15) is 5.82 Å². The molecule has 0 aliphatic carbocycles. The van der Waals surface area contributed by atoms with E-state index in [0.717, 1.165) is 18.7 Å². The molecule has 1 N–H and O–H groups in total. The molecule has 0 saturated carbocycles. The van der Waals surface area contributed by atoms with Crippen molar-refractivity contribution in [3.63, 3.8) is 0 Å². The fourth-order valence-corrected chi connectivity index (χ4v) is 2.34. The van der Waals surface area contributed by atoms with Crippen LogP contribution in [0.1, 0.15) is 23.9 Å². The number of aromatic nitrogens is 2. The maximum absolute atomic E-state index is 4.28. The summed E-state index contributed by atoms with van der Waals surface area (Å²) in [6, 6.07) is 4.25. The number of aryl methyl sites for hydroxylation is 1. The lowest BCUT2D eigenvalue weighted by atomic mass is 10.1. The average Bonchev–Trinajstić information content (AvgIpc) is 2.84. The third-order valence-corrected chi connectivity index (χ3v) is 3.28. The Balaban J connectivity index is 1.96. The molecule has 0 bridgehead atoms. The van der Waals surface area contributed by atoms with E-state index in [9.17, 15) is 0 Å². The van der Waals surface area contributed by atoms with Crippen molar-refractivity contribution in [1.29, 1.82) is 0 Å². The minimum atomic E-state index is 0.237. The second-order valence-corrected chi connectivity index (χ2v) is 4.40. The molecule has 2 aromatic rings. The SMILES string of the molecule is CNC(CCc1ccsc1)c1ncccn1. The van der Waals surface area contributed by atoms with Crippen LogP contribution in [-0.4, -0.2) is 17.0 Å². The van der Waals surface area contributed by atoms with E-state index in [1.165, 1.54) is 5.56 Å². The molecule has 0 aliphatic heterocycles. The zero-order chi connectivity index (χ0) is 11.2. The minimum Gasteiger partial charge on any atom is -0.310 e. The summed E-state index contributed by atoms with van der Waals surface area (Å²) in [5.74, 6) is 0.875. The van der Waals surface area contributed by atoms with Gasteiger partial charge in [-0.1, -0.05) is 0 Å². The highest BCUT2D eigenvalue weighted by atomic mass is 32.1. The zero-order valence-corrected chi connectivity index (χ0v) is 10.1. The molecule has 1 unspecified atom stereocenters. The van der Waals surface area contributed by atoms with E-state index in [0.29, 0.717) is 0 Å². The van der Waals surface area contributed by atoms with Crippen LogP contribution in [0.15, 0.2) is 35.3 Å². The van der Waals surface area contributed by atoms with Crippen molar-refractivity contribution in [1.82, 2.24) is 15.3 Å². The van der Waals surface area contributed by atoms with Gasteiger partial charge in [-0.15, -0.1) is 0 Å². The van der Waals surface area contributed by atoms with Crippen LogP contribution >= 0.6 is 11.3 Å². The van der Waals surface area contributed by atoms with Gasteiger partial charge in [-0.05, 0) is 48.3 Å². The molecule has 0 aromatic carbocycles. The molecule has 16 heavy (non-hydrogen) atoms. The van der Waals surface area contributed by atoms with Crippen molar-refractivity contribution in [3.05, 3.63) is 46.7 Å². The number of thiophene rings is 1. The topological polar surface area (TPSA) is 37.8 Å². The van der Waals surface area contributed by atoms with Crippen molar-refractivity contribution < 1.29 is 0 Å². The normalized spacial score (nSPS) is 12.6. The Bertz CT molecular complexity index is 399. The van der Waals surface area contributed by atoms with Gasteiger partial charge < -0.3 is 5.32 Å². The van der Waals surface area contributed by atoms with E-state index in [-0.39, 0.29) is 6.04 Å². The standard InChI is InChI=1S/C12H15N3S/c1-13-11(12-14-6-2-7-15-12)4-3-10-5-8-16-9-10/h2,5-9,11,13H,3-4H2,1H3. The highest BCUT2D eigenvalue weighted by Gasteiger charge is 2.11. The van der Waals surface area contributed by atoms with Gasteiger partial charge in [0.05, 0.1) is 6.04 Å². The van der Waals surface area contributed by atoms with Crippen LogP contribution in [0.4, 0.5) is 0 Å². The van der Waals surface area contributed by atoms with Crippen LogP contribution in [0.25, 0.3) is 0 Å². The predicted octanol–water partition coefficient (Wildman–Crippen LogP) is 2.43. The quantitative estimate of drug-likeness (QED) is 0.862. The Morgan fingerprint density at radius 1 is 1.38 bits per heavy atom. The molecule has 84 valence electrons. The van der Waals surface area contributed by atoms with Crippen LogP contribution in [0, 0.1) is 0 Å². The predicted molar refractivity (Wildman–Crippen MR) is 66.5 cm³/mol. The first-order valence-corrected chi connectivity index (χ1v) is 6.29. The zero-order valence-electron chi connectivity index (χ0n) is 9.26. The maximum Gasteiger partial charge on any atom is 0.145 e. The molecule has 0 radical (unpaired) electrons. The highest BCUT2D eigenvalue weighted by molar-refractivity contribution is 7.07. The molecule has 4 heteroatoms. The first kappa shape index (κ1) is 11.2. The minimum absolute atomic E-state index is 0.237. The average molecular weight is 233 g/mol. The Morgan fingerprint density at radius 3 is 2.81 bits per heavy atom. The summed E-state index contributed by atoms with van der Waals surface area (Å²) in [6.07, 6.45) is 5.67. The van der Waals surface area contributed by atoms with Crippen molar-refractivity contribution >= 4 is 11.3 Å². The van der Waals surface area contributed by atoms with Crippen LogP contribution in [0.5, 0.6) is 0 Å². The molecule has 0 aliphatic rings. The maximum atomic E-state index is 4.28. The van der Waals surface area contributed by atoms with Crippen LogP contribution in [-0.2, 0) is 6.42 Å². The van der Waals surface area contributed by atoms with Gasteiger partial charge in [-0.2, -0.15) is 11.3 Å². The smallest absolute Gasteiger partial charge is 0.145 e. The molecule has 2 aromatic heterocycles. The van der Waals surface area contributed by atoms with Gasteiger partial charge >= 0.3 is 0 Å². The molecule has 0 amide bonds. The molecule has 0 saturated heterocycles. The van der Waals surface area contributed by atoms with Gasteiger partial charge in [0.15, 0.2) is 0 Å². The second kappa shape index (κ2) is 5.72. The molecular formula is C12H15N3S. The first-order chi connectivity index (χ1) is 7.90. The van der Waals surface area contributed by atoms with E-state index in [4.69, 9.17) is 0 Å². The number of rotatable bonds is 5. The van der Waals surface area contributed by atoms with Gasteiger partial charge in [0.2, 0.25) is 0 Å². The van der Waals surface area contributed by atoms with Crippen LogP contribution < -0.4 is 5.32 Å². The highest BCUT2D eigenvalue weighted by Crippen LogP contribution is 2.16. The van der Waals surface area contributed by atoms with E-state index in [1.807, 2.05) is 13.1 Å². The Hall–Kier alpha value is -1.26. The van der Waals surface area contributed by atoms with Gasteiger partial charge in [0, 0.05) is 12.4 Å². The van der Waals surface area contributed by atoms with Crippen molar-refractivity contribution in [2.24, 2.45) is 0 Å². The largest absolute Gasteiger partial charge is 0.310 e. The molecule has 0 fully saturated rings. The molecule has 2 heterocycles. The van der Waals surface area contributed by atoms with Gasteiger partial charge in [0.25, 0.3) is 0 Å². The summed E-state index contributed by atoms with van der Waals surface area (Å²) >= 11 is 1.74. The van der Waals surface area contributed by atoms with Crippen molar-refractivity contribution in [2.75, 3.05) is 7.05 Å². The lowest BCUT2D eigenvalue weighted by Gasteiger charge is -2.13. The van der Waals surface area contributed by atoms with Gasteiger partial charge in [-0.25, -0.2) is 9.97 Å². The van der Waals surface area contributed by atoms with Crippen molar-refractivity contribution in [3.8, 4) is 0 Å². The van der Waals surface area contributed by atoms with Gasteiger partial charge in [-0.3, -0.25) is 0 Å². The van der Waals surface area contributed by atoms with E-state index >= 15 is 0 Å². The fraction of sp³-hybridized carbons (Fsp3) is 0.333. The Kier molecular flexibility index (Phi) is 4.02. The summed E-state index contributed by atoms with van der Waals surface area (Å²) in [7, 11) is 1.95. The van der Waals surface area contributed by atoms with E-state index < -0.39 is 0 Å². The molecule has 0 spiro atoms. The van der Waals surface area contributed by atoms with Crippen LogP contribution in [0.3, 0.4) is 0 Å². The summed E-state index contributed by atoms with van der Waals surface area (Å²) in [4.78, 5) is 8.56. The fourth-order valence-electron chi connectivity index (χ4n) is 1.64. The Morgan fingerprint density at radius 2 is 2.19 bits per heavy atom. The second-order valence-electron chi connectivity index (χ2n) is 3.62. The molecular weight excluding hydrogens is 218 g/mol. The monoisotopic (exact) mass is 233 g/mol. The third kappa shape index (κ3) is 2.87. The Labute approximate surface area is 99.6 Å². The number of nitrogens with one attached hydrogen (secondary N) is 1. The number of nitrogens with zero attached hydrogens (tertiary/aromatic N) is 2. The molecule has 1 atom stereocenters. The van der Waals surface area contributed by atoms with Crippen molar-refractivity contribution in [2.45, 2.75) is 18.9 Å². The third-order valence-electron chi connectivity index (χ3n) is 2.55. The summed E-state index contributed by atoms with van der Waals surface area (Å²) in [5, 5.41) is 7.57. The summed E-state index contributed by atoms with van der Waals surface area (Å²) in [6.45, 7) is 0. The van der Waals surface area contributed by atoms with E-state index in [1.54, 1.807) is 23.7 Å². The number of hydrogen-bond acceptors (Lipinski definition) is 4. The lowest BCUT2D eigenvalue weighted by Crippen LogP contribution is -2.19. The molecule has 2 rings (SSSR count). The lowest BCUT2D eigenvalue weighted by molar-refractivity contribution is 0.520. The van der Waals surface area contributed by atoms with E-state index in [2.05, 4.69) is 32.1 Å². The summed E-state index contributed by atoms with van der Waals surface area (Å²) in [5.41, 5.74) is 1.39. The number of hydrogen-bond donors (Lipinski definition) is 1.